The molecule has 1 saturated heterocycles. The fourth-order valence-corrected chi connectivity index (χ4v) is 4.87. The monoisotopic (exact) mass is 450 g/mol. The Hall–Kier alpha value is -2.93. The molecule has 3 aromatic rings. The fraction of sp³-hybridized carbons (Fsp3) is 0.360. The minimum Gasteiger partial charge on any atom is -0.497 e. The largest absolute Gasteiger partial charge is 0.497 e. The number of hydrogen-bond donors (Lipinski definition) is 0. The second-order valence-electron chi connectivity index (χ2n) is 8.15. The average molecular weight is 451 g/mol. The molecule has 0 spiro atoms. The van der Waals surface area contributed by atoms with Gasteiger partial charge in [0.25, 0.3) is 0 Å². The number of imidazole rings is 1. The van der Waals surface area contributed by atoms with Crippen molar-refractivity contribution in [1.29, 1.82) is 0 Å². The highest BCUT2D eigenvalue weighted by Gasteiger charge is 2.22. The Morgan fingerprint density at radius 1 is 1.06 bits per heavy atom. The van der Waals surface area contributed by atoms with E-state index in [1.165, 1.54) is 17.3 Å². The quantitative estimate of drug-likeness (QED) is 0.498. The summed E-state index contributed by atoms with van der Waals surface area (Å²) in [4.78, 5) is 21.7. The van der Waals surface area contributed by atoms with Crippen LogP contribution in [0.4, 0.5) is 5.69 Å². The van der Waals surface area contributed by atoms with Crippen LogP contribution in [0.3, 0.4) is 0 Å². The molecule has 0 bridgehead atoms. The van der Waals surface area contributed by atoms with Crippen molar-refractivity contribution in [3.05, 3.63) is 66.5 Å². The first kappa shape index (κ1) is 22.3. The number of benzene rings is 2. The smallest absolute Gasteiger partial charge is 0.233 e. The summed E-state index contributed by atoms with van der Waals surface area (Å²) in [5.74, 6) is 1.82. The van der Waals surface area contributed by atoms with Crippen LogP contribution in [0.2, 0.25) is 0 Å². The van der Waals surface area contributed by atoms with E-state index in [4.69, 9.17) is 4.74 Å². The number of aromatic nitrogens is 2. The van der Waals surface area contributed by atoms with Gasteiger partial charge in [0.2, 0.25) is 5.91 Å². The maximum absolute atomic E-state index is 12.9. The van der Waals surface area contributed by atoms with Crippen LogP contribution in [0.1, 0.15) is 25.3 Å². The standard InChI is InChI=1S/C25H30N4O2S/c1-19(2)22-6-4-5-7-23(22)29-13-12-26-25(29)32-18-24(30)28-16-14-27(15-17-28)20-8-10-21(31-3)11-9-20/h4-13,19H,14-18H2,1-3H3. The van der Waals surface area contributed by atoms with E-state index in [2.05, 4.69) is 58.6 Å². The van der Waals surface area contributed by atoms with Crippen molar-refractivity contribution in [1.82, 2.24) is 14.5 Å². The zero-order chi connectivity index (χ0) is 22.5. The van der Waals surface area contributed by atoms with E-state index < -0.39 is 0 Å². The number of thioether (sulfide) groups is 1. The topological polar surface area (TPSA) is 50.6 Å². The molecule has 32 heavy (non-hydrogen) atoms. The highest BCUT2D eigenvalue weighted by molar-refractivity contribution is 7.99. The highest BCUT2D eigenvalue weighted by atomic mass is 32.2. The molecule has 1 aliphatic rings. The van der Waals surface area contributed by atoms with Gasteiger partial charge >= 0.3 is 0 Å². The van der Waals surface area contributed by atoms with Gasteiger partial charge in [-0.1, -0.05) is 43.8 Å². The molecule has 0 radical (unpaired) electrons. The van der Waals surface area contributed by atoms with Gasteiger partial charge in [-0.15, -0.1) is 0 Å². The molecule has 2 aromatic carbocycles. The summed E-state index contributed by atoms with van der Waals surface area (Å²) in [5, 5.41) is 0.850. The number of nitrogens with zero attached hydrogens (tertiary/aromatic N) is 4. The minimum absolute atomic E-state index is 0.163. The average Bonchev–Trinajstić information content (AvgIpc) is 3.31. The van der Waals surface area contributed by atoms with Crippen LogP contribution in [0.15, 0.2) is 66.1 Å². The molecule has 0 saturated carbocycles. The normalized spacial score (nSPS) is 14.1. The lowest BCUT2D eigenvalue weighted by molar-refractivity contribution is -0.128. The number of hydrogen-bond acceptors (Lipinski definition) is 5. The Balaban J connectivity index is 1.34. The van der Waals surface area contributed by atoms with E-state index in [1.807, 2.05) is 29.3 Å². The summed E-state index contributed by atoms with van der Waals surface area (Å²) in [6.45, 7) is 7.51. The van der Waals surface area contributed by atoms with Gasteiger partial charge in [-0.25, -0.2) is 4.98 Å². The molecule has 2 heterocycles. The molecule has 1 fully saturated rings. The molecule has 6 nitrogen and oxygen atoms in total. The predicted octanol–water partition coefficient (Wildman–Crippen LogP) is 4.45. The van der Waals surface area contributed by atoms with Crippen molar-refractivity contribution < 1.29 is 9.53 Å². The number of rotatable bonds is 7. The van der Waals surface area contributed by atoms with E-state index in [0.717, 1.165) is 48.5 Å². The Morgan fingerprint density at radius 2 is 1.78 bits per heavy atom. The first-order chi connectivity index (χ1) is 15.6. The van der Waals surface area contributed by atoms with Gasteiger partial charge in [-0.05, 0) is 41.8 Å². The zero-order valence-electron chi connectivity index (χ0n) is 18.9. The second kappa shape index (κ2) is 10.1. The molecule has 0 aliphatic carbocycles. The van der Waals surface area contributed by atoms with Crippen molar-refractivity contribution in [3.63, 3.8) is 0 Å². The third kappa shape index (κ3) is 4.93. The number of amides is 1. The minimum atomic E-state index is 0.163. The fourth-order valence-electron chi connectivity index (χ4n) is 4.00. The molecule has 1 aromatic heterocycles. The molecule has 4 rings (SSSR count). The second-order valence-corrected chi connectivity index (χ2v) is 9.09. The van der Waals surface area contributed by atoms with Crippen LogP contribution in [0, 0.1) is 0 Å². The molecule has 0 N–H and O–H groups in total. The van der Waals surface area contributed by atoms with E-state index in [-0.39, 0.29) is 5.91 Å². The summed E-state index contributed by atoms with van der Waals surface area (Å²) in [6, 6.07) is 16.5. The van der Waals surface area contributed by atoms with Crippen LogP contribution in [0.25, 0.3) is 5.69 Å². The molecule has 168 valence electrons. The van der Waals surface area contributed by atoms with E-state index in [9.17, 15) is 4.79 Å². The van der Waals surface area contributed by atoms with Crippen molar-refractivity contribution in [2.75, 3.05) is 43.9 Å². The van der Waals surface area contributed by atoms with Crippen molar-refractivity contribution in [2.45, 2.75) is 24.9 Å². The van der Waals surface area contributed by atoms with Gasteiger partial charge in [0.1, 0.15) is 5.75 Å². The Labute approximate surface area is 194 Å². The first-order valence-electron chi connectivity index (χ1n) is 11.0. The summed E-state index contributed by atoms with van der Waals surface area (Å²) in [6.07, 6.45) is 3.78. The van der Waals surface area contributed by atoms with Gasteiger partial charge < -0.3 is 14.5 Å². The molecular formula is C25H30N4O2S. The van der Waals surface area contributed by atoms with Crippen molar-refractivity contribution in [3.8, 4) is 11.4 Å². The Morgan fingerprint density at radius 3 is 2.47 bits per heavy atom. The van der Waals surface area contributed by atoms with Gasteiger partial charge in [0.05, 0.1) is 18.6 Å². The third-order valence-electron chi connectivity index (χ3n) is 5.82. The zero-order valence-corrected chi connectivity index (χ0v) is 19.7. The van der Waals surface area contributed by atoms with E-state index in [1.54, 1.807) is 13.3 Å². The third-order valence-corrected chi connectivity index (χ3v) is 6.77. The number of para-hydroxylation sites is 1. The molecule has 1 aliphatic heterocycles. The number of carbonyl (C=O) groups is 1. The number of anilines is 1. The lowest BCUT2D eigenvalue weighted by Gasteiger charge is -2.36. The van der Waals surface area contributed by atoms with Crippen LogP contribution in [0.5, 0.6) is 5.75 Å². The maximum Gasteiger partial charge on any atom is 0.233 e. The van der Waals surface area contributed by atoms with Crippen LogP contribution in [-0.4, -0.2) is 59.4 Å². The Kier molecular flexibility index (Phi) is 7.05. The molecule has 1 amide bonds. The van der Waals surface area contributed by atoms with Gasteiger partial charge in [-0.2, -0.15) is 0 Å². The van der Waals surface area contributed by atoms with Crippen LogP contribution in [-0.2, 0) is 4.79 Å². The molecular weight excluding hydrogens is 420 g/mol. The Bertz CT molecular complexity index is 1040. The highest BCUT2D eigenvalue weighted by Crippen LogP contribution is 2.27. The maximum atomic E-state index is 12.9. The number of piperazine rings is 1. The predicted molar refractivity (Wildman–Crippen MR) is 130 cm³/mol. The van der Waals surface area contributed by atoms with Crippen LogP contribution < -0.4 is 9.64 Å². The summed E-state index contributed by atoms with van der Waals surface area (Å²) in [7, 11) is 1.67. The van der Waals surface area contributed by atoms with E-state index in [0.29, 0.717) is 11.7 Å². The summed E-state index contributed by atoms with van der Waals surface area (Å²) >= 11 is 1.51. The molecule has 0 atom stereocenters. The lowest BCUT2D eigenvalue weighted by atomic mass is 10.0. The van der Waals surface area contributed by atoms with Crippen molar-refractivity contribution >= 4 is 23.4 Å². The molecule has 7 heteroatoms. The van der Waals surface area contributed by atoms with Gasteiger partial charge in [0, 0.05) is 44.3 Å². The SMILES string of the molecule is COc1ccc(N2CCN(C(=O)CSc3nccn3-c3ccccc3C(C)C)CC2)cc1. The van der Waals surface area contributed by atoms with Gasteiger partial charge in [-0.3, -0.25) is 9.36 Å². The molecule has 0 unspecified atom stereocenters. The number of ether oxygens (including phenoxy) is 1. The van der Waals surface area contributed by atoms with Crippen LogP contribution >= 0.6 is 11.8 Å². The lowest BCUT2D eigenvalue weighted by Crippen LogP contribution is -2.49. The van der Waals surface area contributed by atoms with Crippen molar-refractivity contribution in [2.24, 2.45) is 0 Å². The summed E-state index contributed by atoms with van der Waals surface area (Å²) < 4.78 is 7.33. The number of methoxy groups -OCH3 is 1. The van der Waals surface area contributed by atoms with E-state index >= 15 is 0 Å². The number of carbonyl (C=O) groups excluding carboxylic acids is 1. The van der Waals surface area contributed by atoms with Gasteiger partial charge in [0.15, 0.2) is 5.16 Å². The summed E-state index contributed by atoms with van der Waals surface area (Å²) in [5.41, 5.74) is 3.56. The first-order valence-corrected chi connectivity index (χ1v) is 12.0.